The predicted octanol–water partition coefficient (Wildman–Crippen LogP) is 3.14. The van der Waals surface area contributed by atoms with Gasteiger partial charge in [-0.2, -0.15) is 0 Å². The molecule has 84 valence electrons. The summed E-state index contributed by atoms with van der Waals surface area (Å²) in [6.45, 7) is 1.79. The van der Waals surface area contributed by atoms with E-state index in [-0.39, 0.29) is 5.78 Å². The van der Waals surface area contributed by atoms with Crippen LogP contribution in [-0.2, 0) is 4.79 Å². The molecule has 0 aromatic heterocycles. The molecular formula is C12H11BrO3. The van der Waals surface area contributed by atoms with E-state index in [4.69, 9.17) is 5.11 Å². The second kappa shape index (κ2) is 5.61. The first-order valence-corrected chi connectivity index (χ1v) is 5.57. The van der Waals surface area contributed by atoms with Crippen LogP contribution >= 0.6 is 15.9 Å². The first kappa shape index (κ1) is 12.6. The fourth-order valence-corrected chi connectivity index (χ4v) is 1.59. The van der Waals surface area contributed by atoms with Crippen molar-refractivity contribution in [3.8, 4) is 0 Å². The molecule has 1 rings (SSSR count). The summed E-state index contributed by atoms with van der Waals surface area (Å²) >= 11 is 3.30. The number of halogens is 1. The normalized spacial score (nSPS) is 10.6. The molecular weight excluding hydrogens is 272 g/mol. The number of carbonyl (C=O) groups is 2. The zero-order chi connectivity index (χ0) is 12.1. The topological polar surface area (TPSA) is 54.4 Å². The maximum absolute atomic E-state index is 11.5. The maximum Gasteiger partial charge on any atom is 0.328 e. The quantitative estimate of drug-likeness (QED) is 0.682. The second-order valence-electron chi connectivity index (χ2n) is 3.18. The van der Waals surface area contributed by atoms with Crippen LogP contribution in [0.4, 0.5) is 0 Å². The third kappa shape index (κ3) is 3.31. The Morgan fingerprint density at radius 3 is 2.69 bits per heavy atom. The molecule has 3 nitrogen and oxygen atoms in total. The minimum absolute atomic E-state index is 0.0393. The minimum atomic E-state index is -1.01. The Hall–Kier alpha value is -1.42. The van der Waals surface area contributed by atoms with Gasteiger partial charge in [0.05, 0.1) is 0 Å². The van der Waals surface area contributed by atoms with Gasteiger partial charge in [0, 0.05) is 22.5 Å². The average Bonchev–Trinajstić information content (AvgIpc) is 2.26. The van der Waals surface area contributed by atoms with Gasteiger partial charge < -0.3 is 5.11 Å². The lowest BCUT2D eigenvalue weighted by molar-refractivity contribution is -0.131. The molecule has 0 spiro atoms. The molecule has 0 bridgehead atoms. The lowest BCUT2D eigenvalue weighted by atomic mass is 10.1. The Bertz CT molecular complexity index is 450. The third-order valence-corrected chi connectivity index (χ3v) is 2.77. The van der Waals surface area contributed by atoms with Crippen LogP contribution in [0, 0.1) is 0 Å². The molecule has 16 heavy (non-hydrogen) atoms. The monoisotopic (exact) mass is 282 g/mol. The van der Waals surface area contributed by atoms with Crippen molar-refractivity contribution < 1.29 is 14.7 Å². The highest BCUT2D eigenvalue weighted by molar-refractivity contribution is 9.10. The van der Waals surface area contributed by atoms with Crippen molar-refractivity contribution in [1.29, 1.82) is 0 Å². The number of rotatable bonds is 4. The van der Waals surface area contributed by atoms with Crippen molar-refractivity contribution in [3.05, 3.63) is 39.9 Å². The largest absolute Gasteiger partial charge is 0.478 e. The zero-order valence-corrected chi connectivity index (χ0v) is 10.3. The SMILES string of the molecule is CCC(=O)c1ccc(Br)c(/C=C/C(=O)O)c1. The van der Waals surface area contributed by atoms with Gasteiger partial charge in [0.25, 0.3) is 0 Å². The fraction of sp³-hybridized carbons (Fsp3) is 0.167. The molecule has 1 N–H and O–H groups in total. The van der Waals surface area contributed by atoms with Gasteiger partial charge in [-0.3, -0.25) is 4.79 Å². The van der Waals surface area contributed by atoms with E-state index in [2.05, 4.69) is 15.9 Å². The van der Waals surface area contributed by atoms with Crippen LogP contribution in [0.5, 0.6) is 0 Å². The van der Waals surface area contributed by atoms with E-state index < -0.39 is 5.97 Å². The Morgan fingerprint density at radius 1 is 1.44 bits per heavy atom. The summed E-state index contributed by atoms with van der Waals surface area (Å²) in [5.74, 6) is -0.975. The molecule has 0 unspecified atom stereocenters. The molecule has 0 aliphatic rings. The molecule has 1 aromatic carbocycles. The van der Waals surface area contributed by atoms with E-state index in [1.165, 1.54) is 6.08 Å². The van der Waals surface area contributed by atoms with Crippen LogP contribution < -0.4 is 0 Å². The zero-order valence-electron chi connectivity index (χ0n) is 8.74. The van der Waals surface area contributed by atoms with Gasteiger partial charge in [0.2, 0.25) is 0 Å². The molecule has 0 radical (unpaired) electrons. The highest BCUT2D eigenvalue weighted by atomic mass is 79.9. The molecule has 4 heteroatoms. The molecule has 0 amide bonds. The molecule has 0 aliphatic carbocycles. The molecule has 0 atom stereocenters. The highest BCUT2D eigenvalue weighted by Crippen LogP contribution is 2.20. The second-order valence-corrected chi connectivity index (χ2v) is 4.04. The lowest BCUT2D eigenvalue weighted by Crippen LogP contribution is -1.97. The number of Topliss-reactive ketones (excluding diaryl/α,β-unsaturated/α-hetero) is 1. The Morgan fingerprint density at radius 2 is 2.12 bits per heavy atom. The first-order valence-electron chi connectivity index (χ1n) is 4.78. The van der Waals surface area contributed by atoms with E-state index in [1.807, 2.05) is 0 Å². The van der Waals surface area contributed by atoms with Crippen LogP contribution in [0.1, 0.15) is 29.3 Å². The van der Waals surface area contributed by atoms with Crippen molar-refractivity contribution in [2.75, 3.05) is 0 Å². The van der Waals surface area contributed by atoms with Crippen LogP contribution in [0.2, 0.25) is 0 Å². The number of carboxylic acids is 1. The molecule has 0 aliphatic heterocycles. The molecule has 0 heterocycles. The Kier molecular flexibility index (Phi) is 4.43. The third-order valence-electron chi connectivity index (χ3n) is 2.04. The Labute approximate surface area is 102 Å². The minimum Gasteiger partial charge on any atom is -0.478 e. The summed E-state index contributed by atoms with van der Waals surface area (Å²) in [7, 11) is 0. The van der Waals surface area contributed by atoms with Gasteiger partial charge in [-0.05, 0) is 23.8 Å². The van der Waals surface area contributed by atoms with Gasteiger partial charge in [-0.1, -0.05) is 28.9 Å². The van der Waals surface area contributed by atoms with Crippen LogP contribution in [0.25, 0.3) is 6.08 Å². The summed E-state index contributed by atoms with van der Waals surface area (Å²) in [5, 5.41) is 8.52. The number of carbonyl (C=O) groups excluding carboxylic acids is 1. The van der Waals surface area contributed by atoms with Crippen molar-refractivity contribution >= 4 is 33.8 Å². The number of benzene rings is 1. The summed E-state index contributed by atoms with van der Waals surface area (Å²) in [4.78, 5) is 21.8. The smallest absolute Gasteiger partial charge is 0.328 e. The fourth-order valence-electron chi connectivity index (χ4n) is 1.21. The number of ketones is 1. The Balaban J connectivity index is 3.08. The van der Waals surface area contributed by atoms with Crippen molar-refractivity contribution in [3.63, 3.8) is 0 Å². The highest BCUT2D eigenvalue weighted by Gasteiger charge is 2.05. The first-order chi connectivity index (χ1) is 7.54. The summed E-state index contributed by atoms with van der Waals surface area (Å²) in [6.07, 6.45) is 2.93. The maximum atomic E-state index is 11.5. The average molecular weight is 283 g/mol. The van der Waals surface area contributed by atoms with Gasteiger partial charge >= 0.3 is 5.97 Å². The van der Waals surface area contributed by atoms with E-state index >= 15 is 0 Å². The lowest BCUT2D eigenvalue weighted by Gasteiger charge is -2.02. The van der Waals surface area contributed by atoms with Gasteiger partial charge in [0.1, 0.15) is 0 Å². The standard InChI is InChI=1S/C12H11BrO3/c1-2-11(14)9-3-5-10(13)8(7-9)4-6-12(15)16/h3-7H,2H2,1H3,(H,15,16)/b6-4+. The van der Waals surface area contributed by atoms with Crippen LogP contribution in [0.15, 0.2) is 28.7 Å². The summed E-state index contributed by atoms with van der Waals surface area (Å²) in [6, 6.07) is 5.13. The number of hydrogen-bond donors (Lipinski definition) is 1. The van der Waals surface area contributed by atoms with Crippen molar-refractivity contribution in [1.82, 2.24) is 0 Å². The molecule has 0 saturated heterocycles. The van der Waals surface area contributed by atoms with Crippen LogP contribution in [0.3, 0.4) is 0 Å². The van der Waals surface area contributed by atoms with Crippen molar-refractivity contribution in [2.45, 2.75) is 13.3 Å². The van der Waals surface area contributed by atoms with Crippen LogP contribution in [-0.4, -0.2) is 16.9 Å². The molecule has 1 aromatic rings. The van der Waals surface area contributed by atoms with E-state index in [1.54, 1.807) is 25.1 Å². The number of hydrogen-bond acceptors (Lipinski definition) is 2. The van der Waals surface area contributed by atoms with E-state index in [9.17, 15) is 9.59 Å². The molecule has 0 saturated carbocycles. The molecule has 0 fully saturated rings. The summed E-state index contributed by atoms with van der Waals surface area (Å²) < 4.78 is 0.762. The van der Waals surface area contributed by atoms with E-state index in [0.29, 0.717) is 17.5 Å². The predicted molar refractivity (Wildman–Crippen MR) is 65.4 cm³/mol. The van der Waals surface area contributed by atoms with Gasteiger partial charge in [-0.25, -0.2) is 4.79 Å². The van der Waals surface area contributed by atoms with E-state index in [0.717, 1.165) is 10.5 Å². The van der Waals surface area contributed by atoms with Crippen molar-refractivity contribution in [2.24, 2.45) is 0 Å². The summed E-state index contributed by atoms with van der Waals surface area (Å²) in [5.41, 5.74) is 1.28. The van der Waals surface area contributed by atoms with Gasteiger partial charge in [0.15, 0.2) is 5.78 Å². The van der Waals surface area contributed by atoms with Gasteiger partial charge in [-0.15, -0.1) is 0 Å². The number of carboxylic acid groups (broad SMARTS) is 1. The number of aliphatic carboxylic acids is 1.